The monoisotopic (exact) mass is 245 g/mol. The van der Waals surface area contributed by atoms with E-state index in [2.05, 4.69) is 43.0 Å². The predicted octanol–water partition coefficient (Wildman–Crippen LogP) is 4.03. The second-order valence-electron chi connectivity index (χ2n) is 3.91. The lowest BCUT2D eigenvalue weighted by molar-refractivity contribution is 0.112. The lowest BCUT2D eigenvalue weighted by Crippen LogP contribution is -2.15. The van der Waals surface area contributed by atoms with E-state index in [4.69, 9.17) is 0 Å². The normalized spacial score (nSPS) is 10.2. The van der Waals surface area contributed by atoms with Gasteiger partial charge in [0.15, 0.2) is 6.29 Å². The molecule has 0 N–H and O–H groups in total. The Morgan fingerprint density at radius 3 is 2.71 bits per heavy atom. The van der Waals surface area contributed by atoms with Crippen LogP contribution in [0.3, 0.4) is 0 Å². The summed E-state index contributed by atoms with van der Waals surface area (Å²) in [6.45, 7) is 5.08. The van der Waals surface area contributed by atoms with Gasteiger partial charge >= 0.3 is 0 Å². The van der Waals surface area contributed by atoms with Crippen LogP contribution in [-0.2, 0) is 0 Å². The third-order valence-corrected chi connectivity index (χ3v) is 3.51. The third kappa shape index (κ3) is 2.56. The number of aryl methyl sites for hydroxylation is 1. The Morgan fingerprint density at radius 1 is 1.29 bits per heavy atom. The van der Waals surface area contributed by atoms with Gasteiger partial charge in [-0.15, -0.1) is 11.3 Å². The summed E-state index contributed by atoms with van der Waals surface area (Å²) in [7, 11) is 0. The highest BCUT2D eigenvalue weighted by atomic mass is 32.1. The molecule has 0 saturated heterocycles. The smallest absolute Gasteiger partial charge is 0.160 e. The van der Waals surface area contributed by atoms with E-state index in [1.165, 1.54) is 22.6 Å². The molecule has 0 amide bonds. The minimum atomic E-state index is 0.770. The first-order valence-corrected chi connectivity index (χ1v) is 6.50. The largest absolute Gasteiger partial charge is 0.341 e. The van der Waals surface area contributed by atoms with Crippen molar-refractivity contribution in [3.8, 4) is 0 Å². The SMILES string of the molecule is CCN(c1cccc(C)c1)c1csc(C=O)c1. The van der Waals surface area contributed by atoms with Crippen molar-refractivity contribution in [3.05, 3.63) is 46.2 Å². The van der Waals surface area contributed by atoms with Crippen molar-refractivity contribution in [2.24, 2.45) is 0 Å². The van der Waals surface area contributed by atoms with Gasteiger partial charge in [-0.25, -0.2) is 0 Å². The molecule has 17 heavy (non-hydrogen) atoms. The number of benzene rings is 1. The molecule has 2 rings (SSSR count). The Hall–Kier alpha value is -1.61. The van der Waals surface area contributed by atoms with E-state index >= 15 is 0 Å². The Morgan fingerprint density at radius 2 is 2.12 bits per heavy atom. The quantitative estimate of drug-likeness (QED) is 0.758. The van der Waals surface area contributed by atoms with Crippen LogP contribution in [0, 0.1) is 6.92 Å². The lowest BCUT2D eigenvalue weighted by atomic mass is 10.2. The molecule has 88 valence electrons. The molecule has 1 aromatic heterocycles. The first-order valence-electron chi connectivity index (χ1n) is 5.62. The molecule has 0 unspecified atom stereocenters. The van der Waals surface area contributed by atoms with Gasteiger partial charge in [-0.05, 0) is 37.6 Å². The summed E-state index contributed by atoms with van der Waals surface area (Å²) in [6, 6.07) is 10.3. The zero-order chi connectivity index (χ0) is 12.3. The van der Waals surface area contributed by atoms with Crippen molar-refractivity contribution in [1.82, 2.24) is 0 Å². The molecule has 3 heteroatoms. The van der Waals surface area contributed by atoms with Gasteiger partial charge in [0.1, 0.15) is 0 Å². The summed E-state index contributed by atoms with van der Waals surface area (Å²) < 4.78 is 0. The van der Waals surface area contributed by atoms with Gasteiger partial charge in [0.25, 0.3) is 0 Å². The average molecular weight is 245 g/mol. The maximum absolute atomic E-state index is 10.7. The molecule has 0 saturated carbocycles. The maximum atomic E-state index is 10.7. The predicted molar refractivity (Wildman–Crippen MR) is 73.6 cm³/mol. The van der Waals surface area contributed by atoms with Crippen molar-refractivity contribution < 1.29 is 4.79 Å². The van der Waals surface area contributed by atoms with Crippen molar-refractivity contribution in [3.63, 3.8) is 0 Å². The average Bonchev–Trinajstić information content (AvgIpc) is 2.79. The summed E-state index contributed by atoms with van der Waals surface area (Å²) in [4.78, 5) is 13.7. The molecule has 1 heterocycles. The number of nitrogens with zero attached hydrogens (tertiary/aromatic N) is 1. The number of rotatable bonds is 4. The Bertz CT molecular complexity index is 518. The van der Waals surface area contributed by atoms with E-state index in [0.29, 0.717) is 0 Å². The molecule has 0 bridgehead atoms. The third-order valence-electron chi connectivity index (χ3n) is 2.66. The van der Waals surface area contributed by atoms with Crippen LogP contribution in [0.15, 0.2) is 35.7 Å². The highest BCUT2D eigenvalue weighted by Gasteiger charge is 2.09. The first-order chi connectivity index (χ1) is 8.24. The van der Waals surface area contributed by atoms with Gasteiger partial charge in [-0.3, -0.25) is 4.79 Å². The molecule has 0 aliphatic heterocycles. The number of anilines is 2. The number of carbonyl (C=O) groups excluding carboxylic acids is 1. The number of carbonyl (C=O) groups is 1. The Labute approximate surface area is 106 Å². The topological polar surface area (TPSA) is 20.3 Å². The van der Waals surface area contributed by atoms with E-state index in [0.717, 1.165) is 23.4 Å². The van der Waals surface area contributed by atoms with Crippen LogP contribution in [0.25, 0.3) is 0 Å². The fourth-order valence-electron chi connectivity index (χ4n) is 1.86. The van der Waals surface area contributed by atoms with Crippen LogP contribution in [-0.4, -0.2) is 12.8 Å². The molecule has 0 fully saturated rings. The minimum absolute atomic E-state index is 0.770. The summed E-state index contributed by atoms with van der Waals surface area (Å²) in [6.07, 6.45) is 0.901. The molecule has 0 atom stereocenters. The minimum Gasteiger partial charge on any atom is -0.341 e. The van der Waals surface area contributed by atoms with Crippen LogP contribution >= 0.6 is 11.3 Å². The van der Waals surface area contributed by atoms with Crippen LogP contribution in [0.4, 0.5) is 11.4 Å². The van der Waals surface area contributed by atoms with Crippen LogP contribution in [0.5, 0.6) is 0 Å². The van der Waals surface area contributed by atoms with Gasteiger partial charge in [0.2, 0.25) is 0 Å². The van der Waals surface area contributed by atoms with Crippen LogP contribution < -0.4 is 4.90 Å². The molecule has 0 aliphatic carbocycles. The zero-order valence-electron chi connectivity index (χ0n) is 10.0. The molecule has 2 nitrogen and oxygen atoms in total. The van der Waals surface area contributed by atoms with Gasteiger partial charge in [0, 0.05) is 17.6 Å². The summed E-state index contributed by atoms with van der Waals surface area (Å²) in [5, 5.41) is 2.02. The standard InChI is InChI=1S/C14H15NOS/c1-3-15(12-6-4-5-11(2)7-12)13-8-14(9-16)17-10-13/h4-10H,3H2,1-2H3. The molecular formula is C14H15NOS. The number of hydrogen-bond acceptors (Lipinski definition) is 3. The van der Waals surface area contributed by atoms with Crippen molar-refractivity contribution in [2.45, 2.75) is 13.8 Å². The molecule has 0 spiro atoms. The number of hydrogen-bond donors (Lipinski definition) is 0. The van der Waals surface area contributed by atoms with E-state index in [1.54, 1.807) is 0 Å². The van der Waals surface area contributed by atoms with E-state index < -0.39 is 0 Å². The summed E-state index contributed by atoms with van der Waals surface area (Å²) >= 11 is 1.48. The fourth-order valence-corrected chi connectivity index (χ4v) is 2.55. The first kappa shape index (κ1) is 11.9. The zero-order valence-corrected chi connectivity index (χ0v) is 10.8. The number of aldehydes is 1. The summed E-state index contributed by atoms with van der Waals surface area (Å²) in [5.74, 6) is 0. The van der Waals surface area contributed by atoms with E-state index in [1.807, 2.05) is 11.4 Å². The Kier molecular flexibility index (Phi) is 3.59. The lowest BCUT2D eigenvalue weighted by Gasteiger charge is -2.22. The van der Waals surface area contributed by atoms with Crippen molar-refractivity contribution >= 4 is 29.0 Å². The van der Waals surface area contributed by atoms with Gasteiger partial charge in [-0.2, -0.15) is 0 Å². The molecule has 0 aliphatic rings. The van der Waals surface area contributed by atoms with Gasteiger partial charge in [0.05, 0.1) is 10.6 Å². The van der Waals surface area contributed by atoms with Gasteiger partial charge in [-0.1, -0.05) is 12.1 Å². The van der Waals surface area contributed by atoms with Gasteiger partial charge < -0.3 is 4.90 Å². The molecular weight excluding hydrogens is 230 g/mol. The fraction of sp³-hybridized carbons (Fsp3) is 0.214. The van der Waals surface area contributed by atoms with Crippen molar-refractivity contribution in [2.75, 3.05) is 11.4 Å². The molecule has 2 aromatic rings. The van der Waals surface area contributed by atoms with Crippen molar-refractivity contribution in [1.29, 1.82) is 0 Å². The van der Waals surface area contributed by atoms with E-state index in [-0.39, 0.29) is 0 Å². The van der Waals surface area contributed by atoms with Crippen LogP contribution in [0.1, 0.15) is 22.2 Å². The molecule has 1 aromatic carbocycles. The highest BCUT2D eigenvalue weighted by molar-refractivity contribution is 7.12. The maximum Gasteiger partial charge on any atom is 0.160 e. The highest BCUT2D eigenvalue weighted by Crippen LogP contribution is 2.29. The van der Waals surface area contributed by atoms with Crippen LogP contribution in [0.2, 0.25) is 0 Å². The second kappa shape index (κ2) is 5.15. The Balaban J connectivity index is 2.36. The molecule has 0 radical (unpaired) electrons. The summed E-state index contributed by atoms with van der Waals surface area (Å²) in [5.41, 5.74) is 3.50. The van der Waals surface area contributed by atoms with E-state index in [9.17, 15) is 4.79 Å². The second-order valence-corrected chi connectivity index (χ2v) is 4.85. The number of thiophene rings is 1.